The minimum Gasteiger partial charge on any atom is -0.462 e. The van der Waals surface area contributed by atoms with Crippen molar-refractivity contribution >= 4 is 22.8 Å². The van der Waals surface area contributed by atoms with Crippen molar-refractivity contribution in [3.63, 3.8) is 0 Å². The van der Waals surface area contributed by atoms with Crippen LogP contribution in [0.1, 0.15) is 34.6 Å². The number of rotatable bonds is 5. The molecule has 3 rings (SSSR count). The van der Waals surface area contributed by atoms with Gasteiger partial charge in [0.15, 0.2) is 0 Å². The number of hydrogen-bond acceptors (Lipinski definition) is 4. The van der Waals surface area contributed by atoms with Gasteiger partial charge in [-0.2, -0.15) is 0 Å². The van der Waals surface area contributed by atoms with Gasteiger partial charge < -0.3 is 14.0 Å². The summed E-state index contributed by atoms with van der Waals surface area (Å²) in [6, 6.07) is 14.0. The number of fused-ring (bicyclic) bond motifs is 1. The van der Waals surface area contributed by atoms with Crippen LogP contribution in [0.25, 0.3) is 10.9 Å². The Morgan fingerprint density at radius 2 is 1.76 bits per heavy atom. The van der Waals surface area contributed by atoms with Gasteiger partial charge in [-0.05, 0) is 44.2 Å². The van der Waals surface area contributed by atoms with Crippen LogP contribution in [0.15, 0.2) is 54.7 Å². The summed E-state index contributed by atoms with van der Waals surface area (Å²) >= 11 is 0. The summed E-state index contributed by atoms with van der Waals surface area (Å²) < 4.78 is 12.5. The molecule has 0 aliphatic heterocycles. The van der Waals surface area contributed by atoms with Gasteiger partial charge in [-0.25, -0.2) is 9.59 Å². The van der Waals surface area contributed by atoms with E-state index in [0.29, 0.717) is 28.9 Å². The van der Waals surface area contributed by atoms with E-state index in [0.717, 1.165) is 12.1 Å². The van der Waals surface area contributed by atoms with Crippen LogP contribution in [0.3, 0.4) is 0 Å². The zero-order valence-corrected chi connectivity index (χ0v) is 14.2. The molecule has 5 nitrogen and oxygen atoms in total. The Morgan fingerprint density at radius 1 is 1.00 bits per heavy atom. The predicted molar refractivity (Wildman–Crippen MR) is 95.0 cm³/mol. The third-order valence-electron chi connectivity index (χ3n) is 3.91. The van der Waals surface area contributed by atoms with E-state index < -0.39 is 5.97 Å². The van der Waals surface area contributed by atoms with Gasteiger partial charge in [-0.15, -0.1) is 0 Å². The molecule has 1 aromatic heterocycles. The lowest BCUT2D eigenvalue weighted by molar-refractivity contribution is 0.0528. The molecule has 3 aromatic rings. The fourth-order valence-corrected chi connectivity index (χ4v) is 2.71. The lowest BCUT2D eigenvalue weighted by atomic mass is 10.1. The molecule has 0 spiro atoms. The standard InChI is InChI=1S/C20H19NO4/c1-3-21-13-17(20(23)24-4-2)16-12-15(10-11-18(16)21)25-19(22)14-8-6-5-7-9-14/h5-13H,3-4H2,1-2H3. The van der Waals surface area contributed by atoms with Crippen molar-refractivity contribution in [1.29, 1.82) is 0 Å². The van der Waals surface area contributed by atoms with Crippen molar-refractivity contribution in [2.24, 2.45) is 0 Å². The average molecular weight is 337 g/mol. The van der Waals surface area contributed by atoms with E-state index in [-0.39, 0.29) is 5.97 Å². The number of carbonyl (C=O) groups is 2. The molecule has 0 N–H and O–H groups in total. The smallest absolute Gasteiger partial charge is 0.343 e. The molecule has 0 aliphatic rings. The first-order valence-corrected chi connectivity index (χ1v) is 8.21. The molecule has 0 fully saturated rings. The van der Waals surface area contributed by atoms with Gasteiger partial charge in [0.25, 0.3) is 0 Å². The molecule has 25 heavy (non-hydrogen) atoms. The molecule has 1 heterocycles. The van der Waals surface area contributed by atoms with E-state index in [2.05, 4.69) is 0 Å². The van der Waals surface area contributed by atoms with Crippen molar-refractivity contribution in [2.75, 3.05) is 6.61 Å². The molecular formula is C20H19NO4. The lowest BCUT2D eigenvalue weighted by Gasteiger charge is -2.06. The molecule has 0 saturated heterocycles. The van der Waals surface area contributed by atoms with Gasteiger partial charge in [0.2, 0.25) is 0 Å². The van der Waals surface area contributed by atoms with Gasteiger partial charge in [-0.1, -0.05) is 18.2 Å². The fraction of sp³-hybridized carbons (Fsp3) is 0.200. The molecule has 0 aliphatic carbocycles. The van der Waals surface area contributed by atoms with Crippen molar-refractivity contribution in [3.8, 4) is 5.75 Å². The summed E-state index contributed by atoms with van der Waals surface area (Å²) in [5, 5.41) is 0.707. The largest absolute Gasteiger partial charge is 0.462 e. The summed E-state index contributed by atoms with van der Waals surface area (Å²) in [5.41, 5.74) is 1.83. The summed E-state index contributed by atoms with van der Waals surface area (Å²) in [6.45, 7) is 4.79. The van der Waals surface area contributed by atoms with Crippen molar-refractivity contribution in [1.82, 2.24) is 4.57 Å². The molecule has 128 valence electrons. The molecule has 0 bridgehead atoms. The first kappa shape index (κ1) is 16.8. The maximum atomic E-state index is 12.2. The highest BCUT2D eigenvalue weighted by molar-refractivity contribution is 6.05. The van der Waals surface area contributed by atoms with Crippen LogP contribution in [0, 0.1) is 0 Å². The van der Waals surface area contributed by atoms with Gasteiger partial charge in [0.05, 0.1) is 17.7 Å². The third-order valence-corrected chi connectivity index (χ3v) is 3.91. The second-order valence-electron chi connectivity index (χ2n) is 5.48. The summed E-state index contributed by atoms with van der Waals surface area (Å²) in [6.07, 6.45) is 1.77. The Hall–Kier alpha value is -3.08. The maximum absolute atomic E-state index is 12.2. The number of nitrogens with zero attached hydrogens (tertiary/aromatic N) is 1. The number of benzene rings is 2. The van der Waals surface area contributed by atoms with E-state index in [1.165, 1.54) is 0 Å². The number of aryl methyl sites for hydroxylation is 1. The molecule has 0 saturated carbocycles. The van der Waals surface area contributed by atoms with E-state index in [4.69, 9.17) is 9.47 Å². The molecule has 0 unspecified atom stereocenters. The zero-order chi connectivity index (χ0) is 17.8. The summed E-state index contributed by atoms with van der Waals surface area (Å²) in [7, 11) is 0. The minimum atomic E-state index is -0.437. The molecule has 0 atom stereocenters. The van der Waals surface area contributed by atoms with Gasteiger partial charge in [-0.3, -0.25) is 0 Å². The van der Waals surface area contributed by atoms with E-state index in [9.17, 15) is 9.59 Å². The number of ether oxygens (including phenoxy) is 2. The number of hydrogen-bond donors (Lipinski definition) is 0. The van der Waals surface area contributed by atoms with Crippen molar-refractivity contribution < 1.29 is 19.1 Å². The van der Waals surface area contributed by atoms with Gasteiger partial charge in [0.1, 0.15) is 5.75 Å². The SMILES string of the molecule is CCOC(=O)c1cn(CC)c2ccc(OC(=O)c3ccccc3)cc12. The minimum absolute atomic E-state index is 0.306. The molecular weight excluding hydrogens is 318 g/mol. The van der Waals surface area contributed by atoms with Crippen molar-refractivity contribution in [2.45, 2.75) is 20.4 Å². The molecule has 0 amide bonds. The van der Waals surface area contributed by atoms with Crippen LogP contribution in [0.2, 0.25) is 0 Å². The second-order valence-corrected chi connectivity index (χ2v) is 5.48. The van der Waals surface area contributed by atoms with E-state index >= 15 is 0 Å². The summed E-state index contributed by atoms with van der Waals surface area (Å²) in [4.78, 5) is 24.4. The quantitative estimate of drug-likeness (QED) is 0.520. The van der Waals surface area contributed by atoms with Crippen LogP contribution in [-0.4, -0.2) is 23.1 Å². The highest BCUT2D eigenvalue weighted by Crippen LogP contribution is 2.27. The first-order chi connectivity index (χ1) is 12.1. The van der Waals surface area contributed by atoms with Crippen molar-refractivity contribution in [3.05, 3.63) is 65.9 Å². The van der Waals surface area contributed by atoms with Gasteiger partial charge >= 0.3 is 11.9 Å². The Kier molecular flexibility index (Phi) is 4.84. The Balaban J connectivity index is 1.97. The Labute approximate surface area is 145 Å². The maximum Gasteiger partial charge on any atom is 0.343 e. The zero-order valence-electron chi connectivity index (χ0n) is 14.2. The average Bonchev–Trinajstić information content (AvgIpc) is 3.01. The molecule has 0 radical (unpaired) electrons. The lowest BCUT2D eigenvalue weighted by Crippen LogP contribution is -2.08. The van der Waals surface area contributed by atoms with Crippen LogP contribution in [0.4, 0.5) is 0 Å². The second kappa shape index (κ2) is 7.21. The monoisotopic (exact) mass is 337 g/mol. The Bertz CT molecular complexity index is 912. The van der Waals surface area contributed by atoms with Crippen LogP contribution in [-0.2, 0) is 11.3 Å². The van der Waals surface area contributed by atoms with Gasteiger partial charge in [0, 0.05) is 23.6 Å². The number of carbonyl (C=O) groups excluding carboxylic acids is 2. The normalized spacial score (nSPS) is 10.6. The highest BCUT2D eigenvalue weighted by Gasteiger charge is 2.17. The number of aromatic nitrogens is 1. The molecule has 5 heteroatoms. The fourth-order valence-electron chi connectivity index (χ4n) is 2.71. The Morgan fingerprint density at radius 3 is 2.44 bits per heavy atom. The summed E-state index contributed by atoms with van der Waals surface area (Å²) in [5.74, 6) is -0.431. The van der Waals surface area contributed by atoms with Crippen LogP contribution >= 0.6 is 0 Å². The van der Waals surface area contributed by atoms with Crippen LogP contribution in [0.5, 0.6) is 5.75 Å². The van der Waals surface area contributed by atoms with E-state index in [1.807, 2.05) is 23.6 Å². The molecule has 2 aromatic carbocycles. The topological polar surface area (TPSA) is 57.5 Å². The highest BCUT2D eigenvalue weighted by atomic mass is 16.5. The number of esters is 2. The van der Waals surface area contributed by atoms with Crippen LogP contribution < -0.4 is 4.74 Å². The predicted octanol–water partition coefficient (Wildman–Crippen LogP) is 4.06. The first-order valence-electron chi connectivity index (χ1n) is 8.21. The van der Waals surface area contributed by atoms with E-state index in [1.54, 1.807) is 49.5 Å². The third kappa shape index (κ3) is 3.40.